The van der Waals surface area contributed by atoms with Crippen molar-refractivity contribution in [1.29, 1.82) is 5.26 Å². The Labute approximate surface area is 159 Å². The summed E-state index contributed by atoms with van der Waals surface area (Å²) in [4.78, 5) is 31.0. The van der Waals surface area contributed by atoms with Crippen molar-refractivity contribution >= 4 is 22.5 Å². The van der Waals surface area contributed by atoms with Gasteiger partial charge >= 0.3 is 0 Å². The number of benzene rings is 2. The van der Waals surface area contributed by atoms with E-state index in [4.69, 9.17) is 10.5 Å². The number of nitrogens with one attached hydrogen (secondary N) is 1. The third kappa shape index (κ3) is 1.67. The van der Waals surface area contributed by atoms with E-state index in [0.29, 0.717) is 22.2 Å². The first-order valence-electron chi connectivity index (χ1n) is 8.63. The van der Waals surface area contributed by atoms with Gasteiger partial charge in [0.2, 0.25) is 11.8 Å². The van der Waals surface area contributed by atoms with Gasteiger partial charge in [0.1, 0.15) is 17.4 Å². The fraction of sp³-hybridized carbons (Fsp3) is 0.0952. The zero-order valence-corrected chi connectivity index (χ0v) is 14.8. The van der Waals surface area contributed by atoms with Crippen LogP contribution in [0.1, 0.15) is 11.1 Å². The van der Waals surface area contributed by atoms with E-state index in [9.17, 15) is 14.9 Å². The van der Waals surface area contributed by atoms with Gasteiger partial charge in [-0.05, 0) is 18.2 Å². The Bertz CT molecular complexity index is 1330. The van der Waals surface area contributed by atoms with Gasteiger partial charge in [-0.3, -0.25) is 9.59 Å². The van der Waals surface area contributed by atoms with Gasteiger partial charge in [-0.25, -0.2) is 0 Å². The first-order chi connectivity index (χ1) is 13.5. The van der Waals surface area contributed by atoms with Gasteiger partial charge in [0.15, 0.2) is 5.41 Å². The summed E-state index contributed by atoms with van der Waals surface area (Å²) < 4.78 is 5.76. The minimum absolute atomic E-state index is 0.0809. The van der Waals surface area contributed by atoms with E-state index in [2.05, 4.69) is 4.98 Å². The molecular formula is C21H14N4O3. The maximum Gasteiger partial charge on any atom is 0.257 e. The van der Waals surface area contributed by atoms with Crippen molar-refractivity contribution in [2.75, 3.05) is 11.9 Å². The second-order valence-electron chi connectivity index (χ2n) is 6.79. The van der Waals surface area contributed by atoms with Crippen LogP contribution in [0, 0.1) is 11.3 Å². The predicted octanol–water partition coefficient (Wildman–Crippen LogP) is 1.88. The van der Waals surface area contributed by atoms with E-state index in [1.54, 1.807) is 55.6 Å². The fourth-order valence-corrected chi connectivity index (χ4v) is 4.31. The number of H-pyrrole nitrogens is 1. The maximum absolute atomic E-state index is 13.6. The smallest absolute Gasteiger partial charge is 0.257 e. The van der Waals surface area contributed by atoms with Crippen LogP contribution in [0.3, 0.4) is 0 Å². The number of likely N-dealkylation sites (N-methyl/N-ethyl adjacent to an activating group) is 1. The van der Waals surface area contributed by atoms with Gasteiger partial charge in [-0.2, -0.15) is 5.26 Å². The third-order valence-electron chi connectivity index (χ3n) is 5.49. The molecule has 7 nitrogen and oxygen atoms in total. The average Bonchev–Trinajstić information content (AvgIpc) is 2.91. The Kier molecular flexibility index (Phi) is 3.02. The lowest BCUT2D eigenvalue weighted by Gasteiger charge is -2.33. The molecule has 0 saturated heterocycles. The molecule has 0 unspecified atom stereocenters. The van der Waals surface area contributed by atoms with E-state index in [1.807, 2.05) is 6.07 Å². The van der Waals surface area contributed by atoms with E-state index >= 15 is 0 Å². The molecule has 2 aromatic carbocycles. The van der Waals surface area contributed by atoms with Gasteiger partial charge < -0.3 is 20.4 Å². The summed E-state index contributed by atoms with van der Waals surface area (Å²) in [5, 5.41) is 10.5. The SMILES string of the molecule is CN1C(=O)[C@@]2(C(C#N)=C(N)Oc3c2c(=O)[nH]c2ccccc32)c2ccccc21. The summed E-state index contributed by atoms with van der Waals surface area (Å²) in [6.07, 6.45) is 0. The molecule has 0 aliphatic carbocycles. The molecule has 136 valence electrons. The van der Waals surface area contributed by atoms with Crippen LogP contribution in [-0.4, -0.2) is 17.9 Å². The van der Waals surface area contributed by atoms with Crippen LogP contribution < -0.4 is 20.9 Å². The summed E-state index contributed by atoms with van der Waals surface area (Å²) in [5.41, 5.74) is 5.69. The number of anilines is 1. The predicted molar refractivity (Wildman–Crippen MR) is 103 cm³/mol. The van der Waals surface area contributed by atoms with Crippen LogP contribution in [0.2, 0.25) is 0 Å². The lowest BCUT2D eigenvalue weighted by Crippen LogP contribution is -2.48. The first kappa shape index (κ1) is 16.1. The number of ether oxygens (including phenoxy) is 1. The summed E-state index contributed by atoms with van der Waals surface area (Å²) in [6.45, 7) is 0. The number of nitrogens with two attached hydrogens (primary N) is 1. The molecule has 28 heavy (non-hydrogen) atoms. The van der Waals surface area contributed by atoms with Crippen LogP contribution in [-0.2, 0) is 10.2 Å². The van der Waals surface area contributed by atoms with Gasteiger partial charge in [0.05, 0.1) is 11.1 Å². The van der Waals surface area contributed by atoms with Crippen molar-refractivity contribution in [1.82, 2.24) is 4.98 Å². The molecule has 5 rings (SSSR count). The number of nitriles is 1. The van der Waals surface area contributed by atoms with Crippen molar-refractivity contribution in [2.24, 2.45) is 5.73 Å². The summed E-state index contributed by atoms with van der Waals surface area (Å²) >= 11 is 0. The van der Waals surface area contributed by atoms with Crippen molar-refractivity contribution in [3.63, 3.8) is 0 Å². The fourth-order valence-electron chi connectivity index (χ4n) is 4.31. The molecule has 2 aliphatic rings. The van der Waals surface area contributed by atoms with Crippen molar-refractivity contribution in [3.05, 3.63) is 81.5 Å². The quantitative estimate of drug-likeness (QED) is 0.627. The van der Waals surface area contributed by atoms with E-state index in [1.165, 1.54) is 4.90 Å². The number of para-hydroxylation sites is 2. The number of nitrogens with zero attached hydrogens (tertiary/aromatic N) is 2. The number of carbonyl (C=O) groups is 1. The van der Waals surface area contributed by atoms with Gasteiger partial charge in [0, 0.05) is 23.7 Å². The number of amides is 1. The molecule has 0 radical (unpaired) electrons. The number of rotatable bonds is 0. The molecule has 3 aromatic rings. The minimum Gasteiger partial charge on any atom is -0.439 e. The van der Waals surface area contributed by atoms with E-state index in [-0.39, 0.29) is 22.8 Å². The Hall–Kier alpha value is -4.05. The summed E-state index contributed by atoms with van der Waals surface area (Å²) in [7, 11) is 1.62. The molecular weight excluding hydrogens is 356 g/mol. The van der Waals surface area contributed by atoms with Gasteiger partial charge in [0.25, 0.3) is 5.56 Å². The Balaban J connectivity index is 2.04. The van der Waals surface area contributed by atoms with Crippen LogP contribution in [0.25, 0.3) is 10.9 Å². The normalized spacial score (nSPS) is 20.1. The molecule has 1 spiro atoms. The number of hydrogen-bond donors (Lipinski definition) is 2. The Morgan fingerprint density at radius 1 is 1.14 bits per heavy atom. The highest BCUT2D eigenvalue weighted by Gasteiger charge is 2.60. The average molecular weight is 370 g/mol. The molecule has 7 heteroatoms. The maximum atomic E-state index is 13.6. The lowest BCUT2D eigenvalue weighted by atomic mass is 9.69. The van der Waals surface area contributed by atoms with Crippen LogP contribution in [0.5, 0.6) is 5.75 Å². The number of hydrogen-bond acceptors (Lipinski definition) is 5. The van der Waals surface area contributed by atoms with Crippen molar-refractivity contribution in [2.45, 2.75) is 5.41 Å². The topological polar surface area (TPSA) is 112 Å². The number of aromatic nitrogens is 1. The highest BCUT2D eigenvalue weighted by Crippen LogP contribution is 2.54. The number of aromatic amines is 1. The van der Waals surface area contributed by atoms with Crippen LogP contribution in [0.15, 0.2) is 64.8 Å². The van der Waals surface area contributed by atoms with Crippen molar-refractivity contribution < 1.29 is 9.53 Å². The zero-order chi connectivity index (χ0) is 19.6. The number of carbonyl (C=O) groups excluding carboxylic acids is 1. The highest BCUT2D eigenvalue weighted by atomic mass is 16.5. The molecule has 0 bridgehead atoms. The minimum atomic E-state index is -1.64. The Morgan fingerprint density at radius 3 is 2.64 bits per heavy atom. The monoisotopic (exact) mass is 370 g/mol. The molecule has 3 heterocycles. The number of fused-ring (bicyclic) bond motifs is 6. The second kappa shape index (κ2) is 5.24. The standard InChI is InChI=1S/C21H14N4O3/c1-25-15-9-5-3-7-12(15)21(20(25)27)13(10-22)18(23)28-17-11-6-2-4-8-14(11)24-19(26)16(17)21/h2-9H,23H2,1H3,(H,24,26)/t21-/m1/s1. The van der Waals surface area contributed by atoms with Gasteiger partial charge in [-0.15, -0.1) is 0 Å². The molecule has 0 saturated carbocycles. The van der Waals surface area contributed by atoms with Crippen LogP contribution >= 0.6 is 0 Å². The lowest BCUT2D eigenvalue weighted by molar-refractivity contribution is -0.120. The van der Waals surface area contributed by atoms with E-state index in [0.717, 1.165) is 0 Å². The highest BCUT2D eigenvalue weighted by molar-refractivity contribution is 6.14. The summed E-state index contributed by atoms with van der Waals surface area (Å²) in [6, 6.07) is 16.2. The summed E-state index contributed by atoms with van der Waals surface area (Å²) in [5.74, 6) is -0.392. The molecule has 1 aromatic heterocycles. The molecule has 0 fully saturated rings. The molecule has 1 atom stereocenters. The molecule has 1 amide bonds. The number of pyridine rings is 1. The van der Waals surface area contributed by atoms with E-state index < -0.39 is 16.9 Å². The van der Waals surface area contributed by atoms with Crippen molar-refractivity contribution in [3.8, 4) is 11.8 Å². The zero-order valence-electron chi connectivity index (χ0n) is 14.8. The van der Waals surface area contributed by atoms with Gasteiger partial charge in [-0.1, -0.05) is 30.3 Å². The second-order valence-corrected chi connectivity index (χ2v) is 6.79. The third-order valence-corrected chi connectivity index (χ3v) is 5.49. The Morgan fingerprint density at radius 2 is 1.86 bits per heavy atom. The molecule has 3 N–H and O–H groups in total. The molecule has 2 aliphatic heterocycles. The van der Waals surface area contributed by atoms with Crippen LogP contribution in [0.4, 0.5) is 5.69 Å². The first-order valence-corrected chi connectivity index (χ1v) is 8.63. The largest absolute Gasteiger partial charge is 0.439 e.